The molecule has 1 atom stereocenters. The van der Waals surface area contributed by atoms with Gasteiger partial charge in [0.25, 0.3) is 0 Å². The molecule has 7 heteroatoms. The Kier molecular flexibility index (Phi) is 4.12. The van der Waals surface area contributed by atoms with E-state index in [9.17, 15) is 18.0 Å². The van der Waals surface area contributed by atoms with Gasteiger partial charge in [-0.2, -0.15) is 24.9 Å². The Morgan fingerprint density at radius 2 is 2.27 bits per heavy atom. The van der Waals surface area contributed by atoms with Gasteiger partial charge in [-0.3, -0.25) is 0 Å². The zero-order valence-corrected chi connectivity index (χ0v) is 9.12. The quantitative estimate of drug-likeness (QED) is 0.759. The third kappa shape index (κ3) is 4.19. The summed E-state index contributed by atoms with van der Waals surface area (Å²) in [7, 11) is 0. The zero-order chi connectivity index (χ0) is 11.5. The molecule has 1 aliphatic rings. The number of rotatable bonds is 1. The van der Waals surface area contributed by atoms with Crippen LogP contribution in [-0.2, 0) is 0 Å². The van der Waals surface area contributed by atoms with Crippen molar-refractivity contribution in [1.29, 1.82) is 0 Å². The van der Waals surface area contributed by atoms with Gasteiger partial charge in [0, 0.05) is 24.1 Å². The number of nitrogens with zero attached hydrogens (tertiary/aromatic N) is 1. The van der Waals surface area contributed by atoms with Crippen molar-refractivity contribution in [2.24, 2.45) is 0 Å². The summed E-state index contributed by atoms with van der Waals surface area (Å²) >= 11 is 1.70. The molecule has 0 aromatic heterocycles. The van der Waals surface area contributed by atoms with Crippen LogP contribution >= 0.6 is 11.8 Å². The average molecular weight is 242 g/mol. The molecule has 1 saturated heterocycles. The maximum Gasteiger partial charge on any atom is 0.405 e. The lowest BCUT2D eigenvalue weighted by atomic mass is 10.3. The van der Waals surface area contributed by atoms with Gasteiger partial charge in [0.2, 0.25) is 0 Å². The van der Waals surface area contributed by atoms with E-state index in [1.807, 2.05) is 12.2 Å². The Morgan fingerprint density at radius 3 is 2.80 bits per heavy atom. The normalized spacial score (nSPS) is 22.7. The average Bonchev–Trinajstić information content (AvgIpc) is 2.14. The molecule has 2 amide bonds. The van der Waals surface area contributed by atoms with Gasteiger partial charge < -0.3 is 10.2 Å². The second-order valence-corrected chi connectivity index (χ2v) is 4.54. The fourth-order valence-corrected chi connectivity index (χ4v) is 2.32. The van der Waals surface area contributed by atoms with Crippen LogP contribution in [-0.4, -0.2) is 47.7 Å². The largest absolute Gasteiger partial charge is 0.405 e. The molecule has 1 unspecified atom stereocenters. The Balaban J connectivity index is 2.39. The van der Waals surface area contributed by atoms with E-state index < -0.39 is 18.8 Å². The highest BCUT2D eigenvalue weighted by atomic mass is 32.2. The fraction of sp³-hybridized carbons (Fsp3) is 0.875. The molecule has 15 heavy (non-hydrogen) atoms. The highest BCUT2D eigenvalue weighted by Gasteiger charge is 2.30. The molecular formula is C8H13F3N2OS. The molecular weight excluding hydrogens is 229 g/mol. The van der Waals surface area contributed by atoms with E-state index in [1.165, 1.54) is 4.90 Å². The lowest BCUT2D eigenvalue weighted by Gasteiger charge is -2.33. The van der Waals surface area contributed by atoms with Crippen molar-refractivity contribution >= 4 is 17.8 Å². The summed E-state index contributed by atoms with van der Waals surface area (Å²) in [6.45, 7) is 1.08. The molecule has 1 rings (SSSR count). The summed E-state index contributed by atoms with van der Waals surface area (Å²) in [5, 5.41) is 1.88. The van der Waals surface area contributed by atoms with Crippen LogP contribution in [0.4, 0.5) is 18.0 Å². The lowest BCUT2D eigenvalue weighted by molar-refractivity contribution is -0.123. The first-order chi connectivity index (χ1) is 6.90. The van der Waals surface area contributed by atoms with E-state index in [1.54, 1.807) is 11.8 Å². The predicted octanol–water partition coefficient (Wildman–Crippen LogP) is 1.70. The molecule has 0 spiro atoms. The number of carbonyl (C=O) groups excluding carboxylic acids is 1. The van der Waals surface area contributed by atoms with E-state index in [0.717, 1.165) is 11.5 Å². The molecule has 0 saturated carbocycles. The van der Waals surface area contributed by atoms with E-state index >= 15 is 0 Å². The van der Waals surface area contributed by atoms with Crippen LogP contribution in [0.2, 0.25) is 0 Å². The van der Waals surface area contributed by atoms with Gasteiger partial charge in [0.1, 0.15) is 6.54 Å². The van der Waals surface area contributed by atoms with Gasteiger partial charge in [-0.15, -0.1) is 0 Å². The minimum Gasteiger partial charge on any atom is -0.329 e. The van der Waals surface area contributed by atoms with E-state index in [4.69, 9.17) is 0 Å². The van der Waals surface area contributed by atoms with Crippen LogP contribution in [0.1, 0.15) is 6.92 Å². The Morgan fingerprint density at radius 1 is 1.60 bits per heavy atom. The second kappa shape index (κ2) is 4.96. The topological polar surface area (TPSA) is 32.3 Å². The monoisotopic (exact) mass is 242 g/mol. The van der Waals surface area contributed by atoms with Crippen LogP contribution in [0, 0.1) is 0 Å². The number of carbonyl (C=O) groups is 1. The van der Waals surface area contributed by atoms with Crippen molar-refractivity contribution in [3.05, 3.63) is 0 Å². The molecule has 0 aliphatic carbocycles. The highest BCUT2D eigenvalue weighted by Crippen LogP contribution is 2.17. The maximum atomic E-state index is 11.8. The minimum atomic E-state index is -4.34. The molecule has 1 N–H and O–H groups in total. The SMILES string of the molecule is CC1CSCCN1C(=O)NCC(F)(F)F. The molecule has 3 nitrogen and oxygen atoms in total. The highest BCUT2D eigenvalue weighted by molar-refractivity contribution is 7.99. The van der Waals surface area contributed by atoms with Crippen molar-refractivity contribution in [3.8, 4) is 0 Å². The van der Waals surface area contributed by atoms with Crippen molar-refractivity contribution in [2.75, 3.05) is 24.6 Å². The second-order valence-electron chi connectivity index (χ2n) is 3.39. The zero-order valence-electron chi connectivity index (χ0n) is 8.30. The fourth-order valence-electron chi connectivity index (χ4n) is 1.31. The Hall–Kier alpha value is -0.590. The van der Waals surface area contributed by atoms with Crippen molar-refractivity contribution in [2.45, 2.75) is 19.1 Å². The van der Waals surface area contributed by atoms with E-state index in [-0.39, 0.29) is 6.04 Å². The molecule has 1 heterocycles. The van der Waals surface area contributed by atoms with Crippen molar-refractivity contribution < 1.29 is 18.0 Å². The summed E-state index contributed by atoms with van der Waals surface area (Å²) < 4.78 is 35.5. The van der Waals surface area contributed by atoms with Crippen LogP contribution in [0.25, 0.3) is 0 Å². The number of halogens is 3. The van der Waals surface area contributed by atoms with E-state index in [2.05, 4.69) is 0 Å². The Labute approximate surface area is 90.4 Å². The summed E-state index contributed by atoms with van der Waals surface area (Å²) in [6, 6.07) is -0.628. The number of hydrogen-bond donors (Lipinski definition) is 1. The number of hydrogen-bond acceptors (Lipinski definition) is 2. The third-order valence-electron chi connectivity index (χ3n) is 2.07. The van der Waals surface area contributed by atoms with Gasteiger partial charge >= 0.3 is 12.2 Å². The third-order valence-corrected chi connectivity index (χ3v) is 3.26. The number of urea groups is 1. The van der Waals surface area contributed by atoms with Crippen molar-refractivity contribution in [1.82, 2.24) is 10.2 Å². The van der Waals surface area contributed by atoms with Gasteiger partial charge in [-0.05, 0) is 6.92 Å². The molecule has 0 aromatic carbocycles. The van der Waals surface area contributed by atoms with Crippen LogP contribution < -0.4 is 5.32 Å². The minimum absolute atomic E-state index is 0.00279. The number of nitrogens with one attached hydrogen (secondary N) is 1. The van der Waals surface area contributed by atoms with Gasteiger partial charge in [0.05, 0.1) is 0 Å². The van der Waals surface area contributed by atoms with Gasteiger partial charge in [0.15, 0.2) is 0 Å². The summed E-state index contributed by atoms with van der Waals surface area (Å²) in [4.78, 5) is 12.8. The smallest absolute Gasteiger partial charge is 0.329 e. The molecule has 0 aromatic rings. The number of thioether (sulfide) groups is 1. The maximum absolute atomic E-state index is 11.8. The van der Waals surface area contributed by atoms with Crippen LogP contribution in [0.5, 0.6) is 0 Å². The van der Waals surface area contributed by atoms with Crippen molar-refractivity contribution in [3.63, 3.8) is 0 Å². The Bertz CT molecular complexity index is 234. The molecule has 1 aliphatic heterocycles. The first-order valence-electron chi connectivity index (χ1n) is 4.59. The molecule has 1 fully saturated rings. The molecule has 0 radical (unpaired) electrons. The van der Waals surface area contributed by atoms with Crippen LogP contribution in [0.15, 0.2) is 0 Å². The van der Waals surface area contributed by atoms with Gasteiger partial charge in [-0.25, -0.2) is 4.79 Å². The standard InChI is InChI=1S/C8H13F3N2OS/c1-6-4-15-3-2-13(6)7(14)12-5-8(9,10)11/h6H,2-5H2,1H3,(H,12,14). The summed E-state index contributed by atoms with van der Waals surface area (Å²) in [5.74, 6) is 1.56. The predicted molar refractivity (Wildman–Crippen MR) is 52.9 cm³/mol. The molecule has 88 valence electrons. The summed E-state index contributed by atoms with van der Waals surface area (Å²) in [6.07, 6.45) is -4.34. The number of amides is 2. The first-order valence-corrected chi connectivity index (χ1v) is 5.74. The summed E-state index contributed by atoms with van der Waals surface area (Å²) in [5.41, 5.74) is 0. The lowest BCUT2D eigenvalue weighted by Crippen LogP contribution is -2.50. The first kappa shape index (κ1) is 12.5. The number of alkyl halides is 3. The van der Waals surface area contributed by atoms with E-state index in [0.29, 0.717) is 6.54 Å². The molecule has 0 bridgehead atoms. The van der Waals surface area contributed by atoms with Gasteiger partial charge in [-0.1, -0.05) is 0 Å². The van der Waals surface area contributed by atoms with Crippen LogP contribution in [0.3, 0.4) is 0 Å².